The van der Waals surface area contributed by atoms with E-state index in [9.17, 15) is 5.11 Å². The fourth-order valence-electron chi connectivity index (χ4n) is 3.45. The topological polar surface area (TPSA) is 77.7 Å². The van der Waals surface area contributed by atoms with E-state index >= 15 is 0 Å². The third-order valence-electron chi connectivity index (χ3n) is 4.91. The molecule has 1 atom stereocenters. The molecule has 0 amide bonds. The van der Waals surface area contributed by atoms with E-state index in [1.807, 2.05) is 37.1 Å². The van der Waals surface area contributed by atoms with Gasteiger partial charge in [-0.25, -0.2) is 0 Å². The molecule has 1 unspecified atom stereocenters. The van der Waals surface area contributed by atoms with Crippen LogP contribution in [-0.2, 0) is 13.5 Å². The minimum atomic E-state index is 0.314. The van der Waals surface area contributed by atoms with Crippen LogP contribution in [0.1, 0.15) is 24.8 Å². The Bertz CT molecular complexity index is 739. The first-order valence-electron chi connectivity index (χ1n) is 9.63. The largest absolute Gasteiger partial charge is 0.508 e. The van der Waals surface area contributed by atoms with Crippen molar-refractivity contribution >= 4 is 11.6 Å². The van der Waals surface area contributed by atoms with E-state index in [1.54, 1.807) is 12.1 Å². The maximum absolute atomic E-state index is 9.34. The summed E-state index contributed by atoms with van der Waals surface area (Å²) in [6.45, 7) is 2.89. The van der Waals surface area contributed by atoms with Gasteiger partial charge in [-0.2, -0.15) is 5.10 Å². The van der Waals surface area contributed by atoms with Crippen molar-refractivity contribution < 1.29 is 5.11 Å². The lowest BCUT2D eigenvalue weighted by Gasteiger charge is -2.34. The number of benzene rings is 1. The molecule has 1 fully saturated rings. The summed E-state index contributed by atoms with van der Waals surface area (Å²) in [5.41, 5.74) is 2.41. The normalized spacial score (nSPS) is 17.8. The first kappa shape index (κ1) is 19.1. The zero-order chi connectivity index (χ0) is 19.1. The first-order valence-corrected chi connectivity index (χ1v) is 9.63. The number of aliphatic imine (C=N–C) groups is 1. The molecule has 1 saturated heterocycles. The zero-order valence-electron chi connectivity index (χ0n) is 16.2. The van der Waals surface area contributed by atoms with E-state index in [0.717, 1.165) is 51.3 Å². The van der Waals surface area contributed by atoms with Gasteiger partial charge in [-0.15, -0.1) is 0 Å². The number of aromatic hydroxyl groups is 1. The Balaban J connectivity index is 1.42. The number of guanidine groups is 1. The highest BCUT2D eigenvalue weighted by Gasteiger charge is 2.21. The molecule has 7 nitrogen and oxygen atoms in total. The monoisotopic (exact) mass is 370 g/mol. The number of hydrogen-bond donors (Lipinski definition) is 3. The lowest BCUT2D eigenvalue weighted by molar-refractivity contribution is 0.468. The molecule has 27 heavy (non-hydrogen) atoms. The molecule has 0 spiro atoms. The second kappa shape index (κ2) is 9.30. The van der Waals surface area contributed by atoms with Gasteiger partial charge in [0.05, 0.1) is 11.9 Å². The lowest BCUT2D eigenvalue weighted by atomic mass is 10.1. The maximum Gasteiger partial charge on any atom is 0.191 e. The Morgan fingerprint density at radius 3 is 2.85 bits per heavy atom. The van der Waals surface area contributed by atoms with Crippen molar-refractivity contribution in [1.29, 1.82) is 0 Å². The van der Waals surface area contributed by atoms with E-state index < -0.39 is 0 Å². The first-order chi connectivity index (χ1) is 13.1. The highest BCUT2D eigenvalue weighted by atomic mass is 16.3. The Hall–Kier alpha value is -2.70. The minimum Gasteiger partial charge on any atom is -0.508 e. The van der Waals surface area contributed by atoms with Crippen molar-refractivity contribution in [2.24, 2.45) is 12.0 Å². The summed E-state index contributed by atoms with van der Waals surface area (Å²) >= 11 is 0. The van der Waals surface area contributed by atoms with Crippen molar-refractivity contribution in [1.82, 2.24) is 20.4 Å². The quantitative estimate of drug-likeness (QED) is 0.411. The van der Waals surface area contributed by atoms with E-state index in [-0.39, 0.29) is 0 Å². The van der Waals surface area contributed by atoms with Gasteiger partial charge in [0, 0.05) is 46.0 Å². The molecule has 3 N–H and O–H groups in total. The number of aryl methyl sites for hydroxylation is 2. The van der Waals surface area contributed by atoms with Crippen LogP contribution in [-0.4, -0.2) is 53.6 Å². The molecule has 0 radical (unpaired) electrons. The number of phenolic OH excluding ortho intramolecular Hbond substituents is 1. The van der Waals surface area contributed by atoms with Crippen LogP contribution >= 0.6 is 0 Å². The standard InChI is InChI=1S/C20H30N6O/c1-21-20(22-11-3-5-16-7-9-19(27)10-8-16)24-17-6-4-12-26(14-17)18-13-23-25(2)15-18/h7-10,13,15,17,27H,3-6,11-12,14H2,1-2H3,(H2,21,22,24). The smallest absolute Gasteiger partial charge is 0.191 e. The third-order valence-corrected chi connectivity index (χ3v) is 4.91. The van der Waals surface area contributed by atoms with Crippen LogP contribution < -0.4 is 15.5 Å². The van der Waals surface area contributed by atoms with Crippen LogP contribution in [0.25, 0.3) is 0 Å². The Morgan fingerprint density at radius 2 is 2.15 bits per heavy atom. The second-order valence-electron chi connectivity index (χ2n) is 7.07. The number of aromatic nitrogens is 2. The van der Waals surface area contributed by atoms with Crippen LogP contribution in [0.15, 0.2) is 41.7 Å². The van der Waals surface area contributed by atoms with Gasteiger partial charge < -0.3 is 20.6 Å². The van der Waals surface area contributed by atoms with E-state index in [4.69, 9.17) is 0 Å². The van der Waals surface area contributed by atoms with Gasteiger partial charge in [-0.1, -0.05) is 12.1 Å². The third kappa shape index (κ3) is 5.64. The number of anilines is 1. The Morgan fingerprint density at radius 1 is 1.33 bits per heavy atom. The van der Waals surface area contributed by atoms with Gasteiger partial charge in [0.15, 0.2) is 5.96 Å². The number of hydrogen-bond acceptors (Lipinski definition) is 4. The highest BCUT2D eigenvalue weighted by molar-refractivity contribution is 5.80. The van der Waals surface area contributed by atoms with E-state index in [1.165, 1.54) is 11.3 Å². The summed E-state index contributed by atoms with van der Waals surface area (Å²) in [6.07, 6.45) is 8.29. The SMILES string of the molecule is CN=C(NCCCc1ccc(O)cc1)NC1CCCN(c2cnn(C)c2)C1. The Kier molecular flexibility index (Phi) is 6.57. The highest BCUT2D eigenvalue weighted by Crippen LogP contribution is 2.19. The molecule has 0 bridgehead atoms. The molecule has 3 rings (SSSR count). The lowest BCUT2D eigenvalue weighted by Crippen LogP contribution is -2.51. The zero-order valence-corrected chi connectivity index (χ0v) is 16.2. The van der Waals surface area contributed by atoms with Crippen LogP contribution in [0.4, 0.5) is 5.69 Å². The molecule has 1 aliphatic heterocycles. The molecule has 0 aliphatic carbocycles. The van der Waals surface area contributed by atoms with Crippen molar-refractivity contribution in [2.75, 3.05) is 31.6 Å². The average molecular weight is 371 g/mol. The van der Waals surface area contributed by atoms with Gasteiger partial charge in [-0.05, 0) is 43.4 Å². The number of rotatable bonds is 6. The summed E-state index contributed by atoms with van der Waals surface area (Å²) in [5, 5.41) is 20.6. The molecule has 1 aliphatic rings. The molecule has 1 aromatic heterocycles. The Labute approximate surface area is 161 Å². The van der Waals surface area contributed by atoms with Gasteiger partial charge in [0.2, 0.25) is 0 Å². The van der Waals surface area contributed by atoms with Crippen LogP contribution in [0.2, 0.25) is 0 Å². The van der Waals surface area contributed by atoms with Crippen molar-refractivity contribution in [3.8, 4) is 5.75 Å². The van der Waals surface area contributed by atoms with Crippen molar-refractivity contribution in [2.45, 2.75) is 31.7 Å². The van der Waals surface area contributed by atoms with Gasteiger partial charge in [0.25, 0.3) is 0 Å². The van der Waals surface area contributed by atoms with Crippen LogP contribution in [0, 0.1) is 0 Å². The minimum absolute atomic E-state index is 0.314. The van der Waals surface area contributed by atoms with Crippen molar-refractivity contribution in [3.05, 3.63) is 42.2 Å². The summed E-state index contributed by atoms with van der Waals surface area (Å²) in [5.74, 6) is 1.17. The summed E-state index contributed by atoms with van der Waals surface area (Å²) in [6, 6.07) is 7.79. The molecular weight excluding hydrogens is 340 g/mol. The summed E-state index contributed by atoms with van der Waals surface area (Å²) in [7, 11) is 3.77. The van der Waals surface area contributed by atoms with Crippen molar-refractivity contribution in [3.63, 3.8) is 0 Å². The van der Waals surface area contributed by atoms with Gasteiger partial charge in [-0.3, -0.25) is 9.67 Å². The predicted octanol–water partition coefficient (Wildman–Crippen LogP) is 1.89. The summed E-state index contributed by atoms with van der Waals surface area (Å²) in [4.78, 5) is 6.75. The molecule has 7 heteroatoms. The molecular formula is C20H30N6O. The predicted molar refractivity (Wildman–Crippen MR) is 109 cm³/mol. The van der Waals surface area contributed by atoms with Crippen LogP contribution in [0.5, 0.6) is 5.75 Å². The molecule has 0 saturated carbocycles. The average Bonchev–Trinajstić information content (AvgIpc) is 3.12. The van der Waals surface area contributed by atoms with E-state index in [2.05, 4.69) is 31.8 Å². The second-order valence-corrected chi connectivity index (χ2v) is 7.07. The fraction of sp³-hybridized carbons (Fsp3) is 0.500. The molecule has 1 aromatic carbocycles. The van der Waals surface area contributed by atoms with E-state index in [0.29, 0.717) is 11.8 Å². The number of phenols is 1. The van der Waals surface area contributed by atoms with Crippen LogP contribution in [0.3, 0.4) is 0 Å². The van der Waals surface area contributed by atoms with Gasteiger partial charge >= 0.3 is 0 Å². The number of nitrogens with one attached hydrogen (secondary N) is 2. The molecule has 2 heterocycles. The molecule has 146 valence electrons. The number of nitrogens with zero attached hydrogens (tertiary/aromatic N) is 4. The maximum atomic E-state index is 9.34. The number of piperidine rings is 1. The fourth-order valence-corrected chi connectivity index (χ4v) is 3.45. The summed E-state index contributed by atoms with van der Waals surface area (Å²) < 4.78 is 1.85. The van der Waals surface area contributed by atoms with Gasteiger partial charge in [0.1, 0.15) is 5.75 Å². The molecule has 2 aromatic rings.